The number of carbonyl (C=O) groups excluding carboxylic acids is 1. The van der Waals surface area contributed by atoms with Crippen LogP contribution in [0, 0.1) is 0 Å². The van der Waals surface area contributed by atoms with Gasteiger partial charge in [0, 0.05) is 12.4 Å². The van der Waals surface area contributed by atoms with Gasteiger partial charge >= 0.3 is 0 Å². The van der Waals surface area contributed by atoms with E-state index < -0.39 is 21.5 Å². The number of sulfone groups is 1. The Bertz CT molecular complexity index is 468. The summed E-state index contributed by atoms with van der Waals surface area (Å²) in [5.41, 5.74) is 0. The molecule has 0 radical (unpaired) electrons. The highest BCUT2D eigenvalue weighted by Crippen LogP contribution is 2.20. The van der Waals surface area contributed by atoms with E-state index in [9.17, 15) is 13.2 Å². The summed E-state index contributed by atoms with van der Waals surface area (Å²) in [6, 6.07) is 0. The van der Waals surface area contributed by atoms with E-state index in [0.29, 0.717) is 0 Å². The van der Waals surface area contributed by atoms with Crippen LogP contribution in [-0.4, -0.2) is 30.0 Å². The molecule has 1 aromatic rings. The van der Waals surface area contributed by atoms with Crippen LogP contribution in [0.25, 0.3) is 0 Å². The molecule has 2 rings (SSSR count). The molecule has 13 heavy (non-hydrogen) atoms. The number of fused-ring (bicyclic) bond motifs is 1. The van der Waals surface area contributed by atoms with Gasteiger partial charge in [0.15, 0.2) is 10.8 Å². The van der Waals surface area contributed by atoms with Crippen molar-refractivity contribution in [3.63, 3.8) is 0 Å². The fraction of sp³-hybridized carbons (Fsp3) is 0.167. The van der Waals surface area contributed by atoms with E-state index in [-0.39, 0.29) is 10.8 Å². The minimum atomic E-state index is -3.58. The molecule has 0 aromatic carbocycles. The summed E-state index contributed by atoms with van der Waals surface area (Å²) in [7, 11) is -3.58. The van der Waals surface area contributed by atoms with Gasteiger partial charge in [-0.25, -0.2) is 18.4 Å². The predicted octanol–water partition coefficient (Wildman–Crippen LogP) is -0.798. The Morgan fingerprint density at radius 1 is 1.31 bits per heavy atom. The number of anilines is 1. The first-order valence-electron chi connectivity index (χ1n) is 3.43. The highest BCUT2D eigenvalue weighted by molar-refractivity contribution is 7.92. The third-order valence-corrected chi connectivity index (χ3v) is 3.07. The molecule has 1 N–H and O–H groups in total. The van der Waals surface area contributed by atoms with E-state index in [1.807, 2.05) is 0 Å². The standard InChI is InChI=1S/C6H5N3O3S/c10-4-3-13(11,12)6-5(9-4)7-1-2-8-6/h1-2H,3H2,(H,7,9,10). The lowest BCUT2D eigenvalue weighted by Crippen LogP contribution is -2.30. The molecule has 0 unspecified atom stereocenters. The summed E-state index contributed by atoms with van der Waals surface area (Å²) in [4.78, 5) is 18.2. The molecular weight excluding hydrogens is 194 g/mol. The van der Waals surface area contributed by atoms with E-state index in [1.54, 1.807) is 0 Å². The Morgan fingerprint density at radius 3 is 2.77 bits per heavy atom. The molecular formula is C6H5N3O3S. The number of nitrogens with zero attached hydrogens (tertiary/aromatic N) is 2. The Kier molecular flexibility index (Phi) is 1.56. The zero-order valence-corrected chi connectivity index (χ0v) is 7.21. The second-order valence-electron chi connectivity index (χ2n) is 2.52. The molecule has 0 atom stereocenters. The molecule has 0 spiro atoms. The number of nitrogens with one attached hydrogen (secondary N) is 1. The van der Waals surface area contributed by atoms with Gasteiger partial charge in [0.25, 0.3) is 0 Å². The minimum absolute atomic E-state index is 0.0127. The van der Waals surface area contributed by atoms with E-state index in [1.165, 1.54) is 12.4 Å². The highest BCUT2D eigenvalue weighted by atomic mass is 32.2. The summed E-state index contributed by atoms with van der Waals surface area (Å²) in [6.45, 7) is 0. The topological polar surface area (TPSA) is 89.0 Å². The van der Waals surface area contributed by atoms with Gasteiger partial charge in [0.2, 0.25) is 15.7 Å². The Balaban J connectivity index is 2.70. The van der Waals surface area contributed by atoms with Crippen molar-refractivity contribution in [2.24, 2.45) is 0 Å². The second kappa shape index (κ2) is 2.49. The average molecular weight is 199 g/mol. The number of rotatable bonds is 0. The molecule has 0 saturated carbocycles. The monoisotopic (exact) mass is 199 g/mol. The Hall–Kier alpha value is -1.50. The van der Waals surface area contributed by atoms with Gasteiger partial charge in [-0.3, -0.25) is 4.79 Å². The van der Waals surface area contributed by atoms with Crippen LogP contribution in [0.2, 0.25) is 0 Å². The number of aromatic nitrogens is 2. The van der Waals surface area contributed by atoms with Crippen molar-refractivity contribution in [2.75, 3.05) is 11.1 Å². The second-order valence-corrected chi connectivity index (χ2v) is 4.42. The third-order valence-electron chi connectivity index (χ3n) is 1.54. The lowest BCUT2D eigenvalue weighted by molar-refractivity contribution is -0.114. The average Bonchev–Trinajstić information content (AvgIpc) is 2.02. The van der Waals surface area contributed by atoms with Crippen molar-refractivity contribution in [3.8, 4) is 0 Å². The SMILES string of the molecule is O=C1CS(=O)(=O)c2nccnc2N1. The van der Waals surface area contributed by atoms with Crippen molar-refractivity contribution in [1.82, 2.24) is 9.97 Å². The van der Waals surface area contributed by atoms with Gasteiger partial charge in [0.1, 0.15) is 5.75 Å². The molecule has 0 saturated heterocycles. The Morgan fingerprint density at radius 2 is 2.00 bits per heavy atom. The van der Waals surface area contributed by atoms with Crippen LogP contribution in [-0.2, 0) is 14.6 Å². The van der Waals surface area contributed by atoms with E-state index >= 15 is 0 Å². The van der Waals surface area contributed by atoms with Crippen LogP contribution in [0.3, 0.4) is 0 Å². The largest absolute Gasteiger partial charge is 0.307 e. The van der Waals surface area contributed by atoms with Crippen molar-refractivity contribution >= 4 is 21.6 Å². The van der Waals surface area contributed by atoms with Gasteiger partial charge in [-0.1, -0.05) is 0 Å². The highest BCUT2D eigenvalue weighted by Gasteiger charge is 2.30. The maximum atomic E-state index is 11.3. The first kappa shape index (κ1) is 8.11. The normalized spacial score (nSPS) is 18.9. The molecule has 68 valence electrons. The zero-order valence-electron chi connectivity index (χ0n) is 6.39. The molecule has 1 aliphatic heterocycles. The Labute approximate surface area is 73.9 Å². The molecule has 0 aliphatic carbocycles. The molecule has 0 fully saturated rings. The maximum absolute atomic E-state index is 11.3. The van der Waals surface area contributed by atoms with Crippen LogP contribution in [0.5, 0.6) is 0 Å². The number of hydrogen-bond donors (Lipinski definition) is 1. The molecule has 1 aromatic heterocycles. The summed E-state index contributed by atoms with van der Waals surface area (Å²) in [5.74, 6) is -1.12. The van der Waals surface area contributed by atoms with E-state index in [0.717, 1.165) is 0 Å². The first-order chi connectivity index (χ1) is 6.09. The molecule has 1 amide bonds. The van der Waals surface area contributed by atoms with Gasteiger partial charge < -0.3 is 5.32 Å². The van der Waals surface area contributed by atoms with E-state index in [2.05, 4.69) is 15.3 Å². The fourth-order valence-electron chi connectivity index (χ4n) is 1.05. The van der Waals surface area contributed by atoms with Crippen LogP contribution < -0.4 is 5.32 Å². The fourth-order valence-corrected chi connectivity index (χ4v) is 2.22. The summed E-state index contributed by atoms with van der Waals surface area (Å²) in [5, 5.41) is 2.17. The van der Waals surface area contributed by atoms with Gasteiger partial charge in [-0.15, -0.1) is 0 Å². The molecule has 2 heterocycles. The van der Waals surface area contributed by atoms with Crippen LogP contribution in [0.1, 0.15) is 0 Å². The lowest BCUT2D eigenvalue weighted by atomic mass is 10.6. The first-order valence-corrected chi connectivity index (χ1v) is 5.08. The van der Waals surface area contributed by atoms with Gasteiger partial charge in [-0.2, -0.15) is 0 Å². The molecule has 1 aliphatic rings. The smallest absolute Gasteiger partial charge is 0.241 e. The van der Waals surface area contributed by atoms with E-state index in [4.69, 9.17) is 0 Å². The van der Waals surface area contributed by atoms with Gasteiger partial charge in [0.05, 0.1) is 0 Å². The van der Waals surface area contributed by atoms with Crippen LogP contribution in [0.15, 0.2) is 17.4 Å². The zero-order chi connectivity index (χ0) is 9.47. The van der Waals surface area contributed by atoms with Crippen molar-refractivity contribution in [3.05, 3.63) is 12.4 Å². The molecule has 0 bridgehead atoms. The van der Waals surface area contributed by atoms with Crippen molar-refractivity contribution < 1.29 is 13.2 Å². The van der Waals surface area contributed by atoms with Crippen LogP contribution >= 0.6 is 0 Å². The minimum Gasteiger partial charge on any atom is -0.307 e. The predicted molar refractivity (Wildman–Crippen MR) is 42.7 cm³/mol. The maximum Gasteiger partial charge on any atom is 0.241 e. The third kappa shape index (κ3) is 1.26. The summed E-state index contributed by atoms with van der Waals surface area (Å²) >= 11 is 0. The molecule has 6 nitrogen and oxygen atoms in total. The summed E-state index contributed by atoms with van der Waals surface area (Å²) < 4.78 is 22.6. The van der Waals surface area contributed by atoms with Crippen molar-refractivity contribution in [1.29, 1.82) is 0 Å². The van der Waals surface area contributed by atoms with Gasteiger partial charge in [-0.05, 0) is 0 Å². The van der Waals surface area contributed by atoms with Crippen molar-refractivity contribution in [2.45, 2.75) is 5.03 Å². The number of carbonyl (C=O) groups is 1. The quantitative estimate of drug-likeness (QED) is 0.591. The number of hydrogen-bond acceptors (Lipinski definition) is 5. The number of amides is 1. The lowest BCUT2D eigenvalue weighted by Gasteiger charge is -2.13. The molecule has 7 heteroatoms. The summed E-state index contributed by atoms with van der Waals surface area (Å²) in [6.07, 6.45) is 2.59. The van der Waals surface area contributed by atoms with Crippen LogP contribution in [0.4, 0.5) is 5.82 Å².